The van der Waals surface area contributed by atoms with E-state index in [1.54, 1.807) is 6.07 Å². The Morgan fingerprint density at radius 3 is 2.57 bits per heavy atom. The van der Waals surface area contributed by atoms with E-state index < -0.39 is 0 Å². The van der Waals surface area contributed by atoms with E-state index in [1.165, 1.54) is 12.1 Å². The van der Waals surface area contributed by atoms with Crippen LogP contribution in [-0.2, 0) is 6.54 Å². The van der Waals surface area contributed by atoms with Crippen LogP contribution in [0.3, 0.4) is 0 Å². The van der Waals surface area contributed by atoms with Gasteiger partial charge in [-0.1, -0.05) is 34.1 Å². The molecule has 0 bridgehead atoms. The third kappa shape index (κ3) is 3.13. The van der Waals surface area contributed by atoms with Gasteiger partial charge in [0.05, 0.1) is 12.7 Å². The average Bonchev–Trinajstić information content (AvgIpc) is 2.91. The number of benzene rings is 2. The van der Waals surface area contributed by atoms with Gasteiger partial charge in [-0.05, 0) is 35.4 Å². The van der Waals surface area contributed by atoms with Gasteiger partial charge in [-0.15, -0.1) is 0 Å². The molecule has 106 valence electrons. The van der Waals surface area contributed by atoms with Crippen molar-refractivity contribution in [1.29, 1.82) is 0 Å². The summed E-state index contributed by atoms with van der Waals surface area (Å²) >= 11 is 3.37. The Morgan fingerprint density at radius 1 is 1.10 bits per heavy atom. The van der Waals surface area contributed by atoms with Gasteiger partial charge in [0.1, 0.15) is 5.82 Å². The maximum absolute atomic E-state index is 13.1. The average molecular weight is 346 g/mol. The van der Waals surface area contributed by atoms with Crippen molar-refractivity contribution >= 4 is 21.6 Å². The van der Waals surface area contributed by atoms with Crippen LogP contribution in [0.2, 0.25) is 0 Å². The highest BCUT2D eigenvalue weighted by Crippen LogP contribution is 2.22. The monoisotopic (exact) mass is 345 g/mol. The Labute approximate surface area is 130 Å². The smallest absolute Gasteiger partial charge is 0.124 e. The molecule has 0 fully saturated rings. The van der Waals surface area contributed by atoms with Crippen LogP contribution in [0.15, 0.2) is 59.3 Å². The van der Waals surface area contributed by atoms with Crippen molar-refractivity contribution in [3.05, 3.63) is 70.7 Å². The summed E-state index contributed by atoms with van der Waals surface area (Å²) in [6, 6.07) is 12.3. The third-order valence-electron chi connectivity index (χ3n) is 3.22. The van der Waals surface area contributed by atoms with Gasteiger partial charge in [0.15, 0.2) is 0 Å². The Hall–Kier alpha value is -2.14. The van der Waals surface area contributed by atoms with Crippen molar-refractivity contribution in [2.75, 3.05) is 5.73 Å². The maximum Gasteiger partial charge on any atom is 0.124 e. The molecule has 0 radical (unpaired) electrons. The van der Waals surface area contributed by atoms with Crippen molar-refractivity contribution in [2.45, 2.75) is 6.54 Å². The van der Waals surface area contributed by atoms with E-state index in [9.17, 15) is 4.39 Å². The normalized spacial score (nSPS) is 10.8. The quantitative estimate of drug-likeness (QED) is 0.726. The molecule has 0 aliphatic carbocycles. The lowest BCUT2D eigenvalue weighted by molar-refractivity contribution is 0.623. The SMILES string of the molecule is Nc1ccc(-c2cnn(Cc3ccc(F)cc3Br)c2)cc1. The Kier molecular flexibility index (Phi) is 3.75. The lowest BCUT2D eigenvalue weighted by Crippen LogP contribution is -2.00. The van der Waals surface area contributed by atoms with Crippen LogP contribution in [0, 0.1) is 5.82 Å². The molecule has 21 heavy (non-hydrogen) atoms. The summed E-state index contributed by atoms with van der Waals surface area (Å²) in [5.41, 5.74) is 9.48. The van der Waals surface area contributed by atoms with Crippen LogP contribution in [0.5, 0.6) is 0 Å². The Balaban J connectivity index is 1.83. The topological polar surface area (TPSA) is 43.8 Å². The van der Waals surface area contributed by atoms with Crippen LogP contribution in [0.25, 0.3) is 11.1 Å². The molecule has 0 aliphatic rings. The number of halogens is 2. The molecule has 0 atom stereocenters. The molecular formula is C16H13BrFN3. The largest absolute Gasteiger partial charge is 0.399 e. The number of aromatic nitrogens is 2. The number of rotatable bonds is 3. The lowest BCUT2D eigenvalue weighted by Gasteiger charge is -2.04. The highest BCUT2D eigenvalue weighted by molar-refractivity contribution is 9.10. The summed E-state index contributed by atoms with van der Waals surface area (Å²) in [5.74, 6) is -0.256. The molecule has 3 rings (SSSR count). The number of anilines is 1. The van der Waals surface area contributed by atoms with E-state index in [4.69, 9.17) is 5.73 Å². The minimum atomic E-state index is -0.256. The van der Waals surface area contributed by atoms with Gasteiger partial charge in [0.25, 0.3) is 0 Å². The summed E-state index contributed by atoms with van der Waals surface area (Å²) in [7, 11) is 0. The second-order valence-corrected chi connectivity index (χ2v) is 5.64. The van der Waals surface area contributed by atoms with E-state index in [2.05, 4.69) is 21.0 Å². The predicted molar refractivity (Wildman–Crippen MR) is 85.3 cm³/mol. The zero-order valence-electron chi connectivity index (χ0n) is 11.1. The molecule has 3 nitrogen and oxygen atoms in total. The summed E-state index contributed by atoms with van der Waals surface area (Å²) < 4.78 is 15.6. The fraction of sp³-hybridized carbons (Fsp3) is 0.0625. The lowest BCUT2D eigenvalue weighted by atomic mass is 10.1. The molecular weight excluding hydrogens is 333 g/mol. The summed E-state index contributed by atoms with van der Waals surface area (Å²) in [6.45, 7) is 0.579. The summed E-state index contributed by atoms with van der Waals surface area (Å²) in [5, 5.41) is 4.34. The van der Waals surface area contributed by atoms with Crippen molar-refractivity contribution in [3.8, 4) is 11.1 Å². The minimum absolute atomic E-state index is 0.256. The van der Waals surface area contributed by atoms with Gasteiger partial charge in [0.2, 0.25) is 0 Å². The highest BCUT2D eigenvalue weighted by Gasteiger charge is 2.05. The van der Waals surface area contributed by atoms with E-state index in [1.807, 2.05) is 41.3 Å². The van der Waals surface area contributed by atoms with Gasteiger partial charge in [-0.3, -0.25) is 4.68 Å². The second kappa shape index (κ2) is 5.69. The molecule has 2 aromatic carbocycles. The summed E-state index contributed by atoms with van der Waals surface area (Å²) in [6.07, 6.45) is 3.77. The van der Waals surface area contributed by atoms with E-state index in [0.29, 0.717) is 6.54 Å². The first-order valence-corrected chi connectivity index (χ1v) is 7.23. The Morgan fingerprint density at radius 2 is 1.86 bits per heavy atom. The fourth-order valence-electron chi connectivity index (χ4n) is 2.10. The standard InChI is InChI=1S/C16H13BrFN3/c17-16-7-14(18)4-1-12(16)9-21-10-13(8-20-21)11-2-5-15(19)6-3-11/h1-8,10H,9,19H2. The van der Waals surface area contributed by atoms with Crippen LogP contribution in [0.1, 0.15) is 5.56 Å². The van der Waals surface area contributed by atoms with E-state index >= 15 is 0 Å². The molecule has 0 saturated heterocycles. The zero-order chi connectivity index (χ0) is 14.8. The zero-order valence-corrected chi connectivity index (χ0v) is 12.7. The third-order valence-corrected chi connectivity index (χ3v) is 3.96. The van der Waals surface area contributed by atoms with Gasteiger partial charge in [0, 0.05) is 21.9 Å². The van der Waals surface area contributed by atoms with Crippen molar-refractivity contribution < 1.29 is 4.39 Å². The number of nitrogens with two attached hydrogens (primary N) is 1. The van der Waals surface area contributed by atoms with Crippen LogP contribution in [-0.4, -0.2) is 9.78 Å². The predicted octanol–water partition coefficient (Wildman–Crippen LogP) is 4.08. The van der Waals surface area contributed by atoms with Gasteiger partial charge in [-0.25, -0.2) is 4.39 Å². The van der Waals surface area contributed by atoms with Gasteiger partial charge in [-0.2, -0.15) is 5.10 Å². The minimum Gasteiger partial charge on any atom is -0.399 e. The van der Waals surface area contributed by atoms with Gasteiger partial charge < -0.3 is 5.73 Å². The van der Waals surface area contributed by atoms with Gasteiger partial charge >= 0.3 is 0 Å². The molecule has 0 unspecified atom stereocenters. The molecule has 0 saturated carbocycles. The van der Waals surface area contributed by atoms with Crippen molar-refractivity contribution in [1.82, 2.24) is 9.78 Å². The second-order valence-electron chi connectivity index (χ2n) is 4.78. The van der Waals surface area contributed by atoms with Crippen LogP contribution in [0.4, 0.5) is 10.1 Å². The molecule has 1 heterocycles. The Bertz CT molecular complexity index is 765. The van der Waals surface area contributed by atoms with E-state index in [-0.39, 0.29) is 5.82 Å². The van der Waals surface area contributed by atoms with E-state index in [0.717, 1.165) is 26.9 Å². The number of hydrogen-bond donors (Lipinski definition) is 1. The molecule has 0 amide bonds. The molecule has 0 aliphatic heterocycles. The molecule has 3 aromatic rings. The molecule has 1 aromatic heterocycles. The van der Waals surface area contributed by atoms with Crippen molar-refractivity contribution in [3.63, 3.8) is 0 Å². The first-order chi connectivity index (χ1) is 10.1. The first kappa shape index (κ1) is 13.8. The molecule has 0 spiro atoms. The highest BCUT2D eigenvalue weighted by atomic mass is 79.9. The number of hydrogen-bond acceptors (Lipinski definition) is 2. The molecule has 2 N–H and O–H groups in total. The van der Waals surface area contributed by atoms with Crippen LogP contribution >= 0.6 is 15.9 Å². The summed E-state index contributed by atoms with van der Waals surface area (Å²) in [4.78, 5) is 0. The van der Waals surface area contributed by atoms with Crippen molar-refractivity contribution in [2.24, 2.45) is 0 Å². The number of nitrogen functional groups attached to an aromatic ring is 1. The maximum atomic E-state index is 13.1. The number of nitrogens with zero attached hydrogens (tertiary/aromatic N) is 2. The van der Waals surface area contributed by atoms with Crippen LogP contribution < -0.4 is 5.73 Å². The molecule has 5 heteroatoms. The fourth-order valence-corrected chi connectivity index (χ4v) is 2.58. The first-order valence-electron chi connectivity index (χ1n) is 6.44.